The molecule has 0 saturated heterocycles. The Morgan fingerprint density at radius 3 is 2.54 bits per heavy atom. The Hall–Kier alpha value is -2.32. The first kappa shape index (κ1) is 16.5. The van der Waals surface area contributed by atoms with Gasteiger partial charge in [0.25, 0.3) is 10.0 Å². The first-order chi connectivity index (χ1) is 11.3. The van der Waals surface area contributed by atoms with Crippen molar-refractivity contribution in [3.05, 3.63) is 58.5 Å². The zero-order chi connectivity index (χ0) is 17.3. The summed E-state index contributed by atoms with van der Waals surface area (Å²) in [6.07, 6.45) is 1.71. The number of aromatic nitrogens is 4. The minimum Gasteiger partial charge on any atom is -0.281 e. The number of rotatable bonds is 5. The van der Waals surface area contributed by atoms with Crippen LogP contribution in [0.5, 0.6) is 0 Å². The molecule has 126 valence electrons. The predicted molar refractivity (Wildman–Crippen MR) is 91.7 cm³/mol. The topological polar surface area (TPSA) is 92.7 Å². The number of benzene rings is 1. The number of nitrogens with one attached hydrogen (secondary N) is 2. The smallest absolute Gasteiger partial charge is 0.266 e. The van der Waals surface area contributed by atoms with Crippen LogP contribution in [-0.4, -0.2) is 28.4 Å². The molecule has 0 bridgehead atoms. The van der Waals surface area contributed by atoms with Crippen molar-refractivity contribution in [2.45, 2.75) is 25.3 Å². The molecular formula is C15H16ClN5O2S. The van der Waals surface area contributed by atoms with Crippen LogP contribution in [0.1, 0.15) is 17.0 Å². The molecule has 9 heteroatoms. The third kappa shape index (κ3) is 3.44. The second-order valence-corrected chi connectivity index (χ2v) is 7.45. The van der Waals surface area contributed by atoms with Crippen molar-refractivity contribution in [2.24, 2.45) is 0 Å². The van der Waals surface area contributed by atoms with E-state index < -0.39 is 10.0 Å². The lowest BCUT2D eigenvalue weighted by Gasteiger charge is -2.06. The number of anilines is 1. The van der Waals surface area contributed by atoms with E-state index in [0.717, 1.165) is 5.56 Å². The van der Waals surface area contributed by atoms with Gasteiger partial charge < -0.3 is 0 Å². The molecule has 0 radical (unpaired) electrons. The van der Waals surface area contributed by atoms with Crippen LogP contribution in [0.25, 0.3) is 0 Å². The van der Waals surface area contributed by atoms with E-state index in [1.165, 1.54) is 0 Å². The second-order valence-electron chi connectivity index (χ2n) is 5.39. The highest BCUT2D eigenvalue weighted by Crippen LogP contribution is 2.20. The van der Waals surface area contributed by atoms with E-state index in [1.54, 1.807) is 42.9 Å². The van der Waals surface area contributed by atoms with Gasteiger partial charge in [-0.15, -0.1) is 0 Å². The molecule has 0 atom stereocenters. The molecule has 2 aromatic heterocycles. The van der Waals surface area contributed by atoms with E-state index in [0.29, 0.717) is 23.0 Å². The summed E-state index contributed by atoms with van der Waals surface area (Å²) in [5.74, 6) is 0.254. The van der Waals surface area contributed by atoms with Crippen LogP contribution < -0.4 is 4.72 Å². The molecule has 0 spiro atoms. The molecule has 0 amide bonds. The molecule has 2 N–H and O–H groups in total. The van der Waals surface area contributed by atoms with Crippen molar-refractivity contribution in [2.75, 3.05) is 4.72 Å². The van der Waals surface area contributed by atoms with E-state index in [4.69, 9.17) is 11.6 Å². The molecular weight excluding hydrogens is 350 g/mol. The van der Waals surface area contributed by atoms with Crippen molar-refractivity contribution in [1.29, 1.82) is 0 Å². The highest BCUT2D eigenvalue weighted by atomic mass is 35.5. The Bertz CT molecular complexity index is 941. The number of nitrogens with zero attached hydrogens (tertiary/aromatic N) is 3. The van der Waals surface area contributed by atoms with Crippen LogP contribution in [0.15, 0.2) is 41.4 Å². The molecule has 24 heavy (non-hydrogen) atoms. The molecule has 0 aliphatic heterocycles. The summed E-state index contributed by atoms with van der Waals surface area (Å²) in [5, 5.41) is 11.5. The fraction of sp³-hybridized carbons (Fsp3) is 0.200. The van der Waals surface area contributed by atoms with E-state index in [9.17, 15) is 8.42 Å². The van der Waals surface area contributed by atoms with Crippen LogP contribution in [-0.2, 0) is 16.6 Å². The van der Waals surface area contributed by atoms with E-state index >= 15 is 0 Å². The molecule has 0 aliphatic carbocycles. The molecule has 3 aromatic rings. The van der Waals surface area contributed by atoms with Crippen molar-refractivity contribution >= 4 is 27.4 Å². The maximum Gasteiger partial charge on any atom is 0.266 e. The second kappa shape index (κ2) is 6.29. The van der Waals surface area contributed by atoms with Crippen molar-refractivity contribution in [3.8, 4) is 0 Å². The first-order valence-corrected chi connectivity index (χ1v) is 9.03. The number of halogens is 1. The molecule has 3 rings (SSSR count). The van der Waals surface area contributed by atoms with Gasteiger partial charge in [-0.05, 0) is 31.5 Å². The number of hydrogen-bond acceptors (Lipinski definition) is 4. The van der Waals surface area contributed by atoms with Crippen LogP contribution in [0.2, 0.25) is 5.02 Å². The highest BCUT2D eigenvalue weighted by Gasteiger charge is 2.23. The lowest BCUT2D eigenvalue weighted by molar-refractivity contribution is 0.599. The number of aryl methyl sites for hydroxylation is 2. The largest absolute Gasteiger partial charge is 0.281 e. The minimum atomic E-state index is -3.73. The average Bonchev–Trinajstić information content (AvgIpc) is 3.08. The summed E-state index contributed by atoms with van der Waals surface area (Å²) >= 11 is 5.86. The molecule has 0 saturated carbocycles. The minimum absolute atomic E-state index is 0.148. The first-order valence-electron chi connectivity index (χ1n) is 7.17. The Morgan fingerprint density at radius 1 is 1.21 bits per heavy atom. The summed E-state index contributed by atoms with van der Waals surface area (Å²) in [5.41, 5.74) is 1.92. The maximum absolute atomic E-state index is 12.5. The fourth-order valence-corrected chi connectivity index (χ4v) is 3.90. The Labute approximate surface area is 144 Å². The molecule has 7 nitrogen and oxygen atoms in total. The molecule has 2 heterocycles. The summed E-state index contributed by atoms with van der Waals surface area (Å²) in [4.78, 5) is 0.148. The van der Waals surface area contributed by atoms with Crippen LogP contribution in [0, 0.1) is 13.8 Å². The molecule has 0 unspecified atom stereocenters. The zero-order valence-corrected chi connectivity index (χ0v) is 14.7. The van der Waals surface area contributed by atoms with Crippen molar-refractivity contribution < 1.29 is 8.42 Å². The predicted octanol–water partition coefficient (Wildman–Crippen LogP) is 2.73. The summed E-state index contributed by atoms with van der Waals surface area (Å²) in [7, 11) is -3.73. The molecule has 0 aliphatic rings. The van der Waals surface area contributed by atoms with Crippen LogP contribution >= 0.6 is 11.6 Å². The van der Waals surface area contributed by atoms with Crippen LogP contribution in [0.3, 0.4) is 0 Å². The van der Waals surface area contributed by atoms with Crippen molar-refractivity contribution in [3.63, 3.8) is 0 Å². The summed E-state index contributed by atoms with van der Waals surface area (Å²) < 4.78 is 29.1. The van der Waals surface area contributed by atoms with Gasteiger partial charge in [0.1, 0.15) is 4.90 Å². The zero-order valence-electron chi connectivity index (χ0n) is 13.1. The third-order valence-corrected chi connectivity index (χ3v) is 5.34. The normalized spacial score (nSPS) is 11.6. The number of sulfonamides is 1. The van der Waals surface area contributed by atoms with Gasteiger partial charge in [0, 0.05) is 17.3 Å². The third-order valence-electron chi connectivity index (χ3n) is 3.47. The van der Waals surface area contributed by atoms with E-state index in [-0.39, 0.29) is 10.7 Å². The van der Waals surface area contributed by atoms with E-state index in [1.807, 2.05) is 12.1 Å². The number of H-pyrrole nitrogens is 1. The van der Waals surface area contributed by atoms with Gasteiger partial charge in [0.05, 0.1) is 17.9 Å². The molecule has 1 aromatic carbocycles. The monoisotopic (exact) mass is 365 g/mol. The average molecular weight is 366 g/mol. The van der Waals surface area contributed by atoms with Gasteiger partial charge in [-0.1, -0.05) is 23.7 Å². The van der Waals surface area contributed by atoms with Gasteiger partial charge >= 0.3 is 0 Å². The lowest BCUT2D eigenvalue weighted by atomic mass is 10.2. The van der Waals surface area contributed by atoms with Gasteiger partial charge in [0.2, 0.25) is 0 Å². The summed E-state index contributed by atoms with van der Waals surface area (Å²) in [6.45, 7) is 3.81. The SMILES string of the molecule is Cc1n[nH]c(C)c1S(=O)(=O)Nc1ccn(Cc2ccc(Cl)cc2)n1. The van der Waals surface area contributed by atoms with E-state index in [2.05, 4.69) is 20.0 Å². The van der Waals surface area contributed by atoms with Crippen molar-refractivity contribution in [1.82, 2.24) is 20.0 Å². The number of hydrogen-bond donors (Lipinski definition) is 2. The lowest BCUT2D eigenvalue weighted by Crippen LogP contribution is -2.15. The summed E-state index contributed by atoms with van der Waals surface area (Å²) in [6, 6.07) is 9.00. The van der Waals surface area contributed by atoms with Gasteiger partial charge in [-0.25, -0.2) is 8.42 Å². The van der Waals surface area contributed by atoms with Gasteiger partial charge in [-0.3, -0.25) is 14.5 Å². The highest BCUT2D eigenvalue weighted by molar-refractivity contribution is 7.92. The van der Waals surface area contributed by atoms with Gasteiger partial charge in [0.15, 0.2) is 5.82 Å². The Morgan fingerprint density at radius 2 is 1.92 bits per heavy atom. The quantitative estimate of drug-likeness (QED) is 0.727. The molecule has 0 fully saturated rings. The number of aromatic amines is 1. The van der Waals surface area contributed by atoms with Gasteiger partial charge in [-0.2, -0.15) is 10.2 Å². The Kier molecular flexibility index (Phi) is 4.33. The fourth-order valence-electron chi connectivity index (χ4n) is 2.41. The van der Waals surface area contributed by atoms with Crippen LogP contribution in [0.4, 0.5) is 5.82 Å². The Balaban J connectivity index is 1.77. The maximum atomic E-state index is 12.5. The standard InChI is InChI=1S/C15H16ClN5O2S/c1-10-15(11(2)18-17-10)24(22,23)20-14-7-8-21(19-14)9-12-3-5-13(16)6-4-12/h3-8H,9H2,1-2H3,(H,17,18)(H,19,20).